The Bertz CT molecular complexity index is 156. The van der Waals surface area contributed by atoms with Crippen molar-refractivity contribution in [2.75, 3.05) is 0 Å². The van der Waals surface area contributed by atoms with E-state index in [4.69, 9.17) is 35.7 Å². The van der Waals surface area contributed by atoms with E-state index in [1.165, 1.54) is 0 Å². The van der Waals surface area contributed by atoms with Gasteiger partial charge in [-0.25, -0.2) is 0 Å². The van der Waals surface area contributed by atoms with Crippen LogP contribution in [0.3, 0.4) is 0 Å². The zero-order chi connectivity index (χ0) is 10.8. The monoisotopic (exact) mass is 366 g/mol. The molecule has 0 aromatic heterocycles. The number of rotatable bonds is 0. The molecule has 0 aliphatic rings. The fraction of sp³-hybridized carbons (Fsp3) is 0. The second kappa shape index (κ2) is 189. The van der Waals surface area contributed by atoms with Crippen LogP contribution in [0.5, 0.6) is 0 Å². The molecule has 0 heterocycles. The summed E-state index contributed by atoms with van der Waals surface area (Å²) in [5.74, 6) is 0. The third-order valence-corrected chi connectivity index (χ3v) is 0. The predicted octanol–water partition coefficient (Wildman–Crippen LogP) is -6.09. The van der Waals surface area contributed by atoms with Gasteiger partial charge in [-0.05, 0) is 0 Å². The van der Waals surface area contributed by atoms with Gasteiger partial charge in [-0.15, -0.1) is 0 Å². The molecule has 6 N–H and O–H groups in total. The van der Waals surface area contributed by atoms with Crippen LogP contribution in [0.25, 0.3) is 0 Å². The smallest absolute Gasteiger partial charge is 0.412 e. The van der Waals surface area contributed by atoms with E-state index in [1.54, 1.807) is 0 Å². The lowest BCUT2D eigenvalue weighted by Crippen LogP contribution is -1.26. The quantitative estimate of drug-likeness (QED) is 0.373. The number of hydrogen-bond acceptors (Lipinski definition) is 8. The van der Waals surface area contributed by atoms with Crippen molar-refractivity contribution in [1.82, 2.24) is 0 Å². The first-order valence-electron chi connectivity index (χ1n) is 1.63. The summed E-state index contributed by atoms with van der Waals surface area (Å²) in [6.45, 7) is 0. The SMILES string of the molecule is O.O.O.O=[Si]=O.O=[Si]=O.O=[Si]=O.O=[Si]=O.[Mg].[Mg].[Mg]. The molecule has 0 aliphatic heterocycles. The lowest BCUT2D eigenvalue weighted by molar-refractivity contribution is 0.496. The Morgan fingerprint density at radius 3 is 0.333 bits per heavy atom. The molecule has 0 bridgehead atoms. The molecule has 0 atom stereocenters. The van der Waals surface area contributed by atoms with Crippen LogP contribution < -0.4 is 0 Å². The maximum Gasteiger partial charge on any atom is 0.549 e. The molecule has 0 amide bonds. The van der Waals surface area contributed by atoms with E-state index in [9.17, 15) is 0 Å². The Morgan fingerprint density at radius 2 is 0.333 bits per heavy atom. The van der Waals surface area contributed by atoms with Crippen molar-refractivity contribution in [2.24, 2.45) is 0 Å². The molecule has 6 radical (unpaired) electrons. The normalized spacial score (nSPS) is 1.78. The zero-order valence-corrected chi connectivity index (χ0v) is 17.1. The van der Waals surface area contributed by atoms with E-state index in [0.717, 1.165) is 0 Å². The molecule has 18 heteroatoms. The highest BCUT2D eigenvalue weighted by Crippen LogP contribution is 0.768. The topological polar surface area (TPSA) is 231 Å². The largest absolute Gasteiger partial charge is 0.549 e. The molecule has 18 heavy (non-hydrogen) atoms. The molecule has 0 aromatic rings. The van der Waals surface area contributed by atoms with Crippen molar-refractivity contribution in [3.05, 3.63) is 0 Å². The molecular weight excluding hydrogens is 361 g/mol. The highest BCUT2D eigenvalue weighted by Gasteiger charge is 1.23. The Morgan fingerprint density at radius 1 is 0.333 bits per heavy atom. The summed E-state index contributed by atoms with van der Waals surface area (Å²) in [6.07, 6.45) is 0. The lowest BCUT2D eigenvalue weighted by atomic mass is 15.9. The molecular formula is H6Mg3O11Si4. The molecule has 0 fully saturated rings. The van der Waals surface area contributed by atoms with E-state index >= 15 is 0 Å². The Kier molecular flexibility index (Phi) is 780. The van der Waals surface area contributed by atoms with Crippen molar-refractivity contribution in [3.63, 3.8) is 0 Å². The molecule has 0 aliphatic carbocycles. The zero-order valence-electron chi connectivity index (χ0n) is 8.89. The molecule has 94 valence electrons. The Hall–Kier alpha value is 1.45. The average molecular weight is 367 g/mol. The second-order valence-corrected chi connectivity index (χ2v) is 1.00. The van der Waals surface area contributed by atoms with Crippen molar-refractivity contribution < 1.29 is 52.1 Å². The van der Waals surface area contributed by atoms with E-state index < -0.39 is 37.2 Å². The summed E-state index contributed by atoms with van der Waals surface area (Å²) in [5, 5.41) is 0. The van der Waals surface area contributed by atoms with E-state index in [1.807, 2.05) is 0 Å². The van der Waals surface area contributed by atoms with E-state index in [2.05, 4.69) is 0 Å². The van der Waals surface area contributed by atoms with Gasteiger partial charge in [0.2, 0.25) is 0 Å². The first kappa shape index (κ1) is 74.2. The first-order chi connectivity index (χ1) is 5.66. The van der Waals surface area contributed by atoms with Crippen LogP contribution in [0.4, 0.5) is 0 Å². The number of hydrogen-bond donors (Lipinski definition) is 0. The van der Waals surface area contributed by atoms with Crippen LogP contribution in [0, 0.1) is 0 Å². The van der Waals surface area contributed by atoms with Gasteiger partial charge in [0, 0.05) is 69.2 Å². The third kappa shape index (κ3) is 2260. The summed E-state index contributed by atoms with van der Waals surface area (Å²) in [6, 6.07) is 0. The molecule has 11 nitrogen and oxygen atoms in total. The van der Waals surface area contributed by atoms with Crippen LogP contribution in [0.2, 0.25) is 0 Å². The van der Waals surface area contributed by atoms with Gasteiger partial charge in [0.05, 0.1) is 0 Å². The minimum Gasteiger partial charge on any atom is -0.412 e. The average Bonchev–Trinajstić information content (AvgIpc) is 1.92. The van der Waals surface area contributed by atoms with Crippen molar-refractivity contribution in [2.45, 2.75) is 0 Å². The van der Waals surface area contributed by atoms with Gasteiger partial charge in [-0.2, -0.15) is 0 Å². The fourth-order valence-corrected chi connectivity index (χ4v) is 0. The summed E-state index contributed by atoms with van der Waals surface area (Å²) in [7, 11) is -5.67. The third-order valence-electron chi connectivity index (χ3n) is 0. The van der Waals surface area contributed by atoms with Gasteiger partial charge < -0.3 is 16.4 Å². The summed E-state index contributed by atoms with van der Waals surface area (Å²) in [4.78, 5) is 0. The molecule has 0 unspecified atom stereocenters. The van der Waals surface area contributed by atoms with Crippen LogP contribution in [0.15, 0.2) is 0 Å². The minimum absolute atomic E-state index is 0. The van der Waals surface area contributed by atoms with Gasteiger partial charge >= 0.3 is 37.2 Å². The molecule has 0 rings (SSSR count). The van der Waals surface area contributed by atoms with E-state index in [-0.39, 0.29) is 85.6 Å². The lowest BCUT2D eigenvalue weighted by Gasteiger charge is -0.944. The van der Waals surface area contributed by atoms with Gasteiger partial charge in [-0.1, -0.05) is 0 Å². The van der Waals surface area contributed by atoms with Crippen molar-refractivity contribution >= 4 is 106 Å². The summed E-state index contributed by atoms with van der Waals surface area (Å²) in [5.41, 5.74) is 0. The van der Waals surface area contributed by atoms with Crippen LogP contribution in [0.1, 0.15) is 0 Å². The van der Waals surface area contributed by atoms with Crippen LogP contribution in [-0.2, 0) is 35.7 Å². The maximum absolute atomic E-state index is 8.40. The van der Waals surface area contributed by atoms with Crippen LogP contribution in [-0.4, -0.2) is 123 Å². The molecule has 0 aromatic carbocycles. The standard InChI is InChI=1S/3Mg.4O2Si.3H2O/c;;;4*1-3-2;;;/h;;;;;;;3*1H2. The van der Waals surface area contributed by atoms with E-state index in [0.29, 0.717) is 0 Å². The van der Waals surface area contributed by atoms with Gasteiger partial charge in [0.15, 0.2) is 0 Å². The predicted molar refractivity (Wildman–Crippen MR) is 56.6 cm³/mol. The Labute approximate surface area is 157 Å². The second-order valence-electron chi connectivity index (χ2n) is 0.333. The van der Waals surface area contributed by atoms with Crippen molar-refractivity contribution in [3.8, 4) is 0 Å². The molecule has 0 saturated carbocycles. The van der Waals surface area contributed by atoms with Gasteiger partial charge in [0.1, 0.15) is 0 Å². The summed E-state index contributed by atoms with van der Waals surface area (Å²) >= 11 is 0. The molecule has 0 spiro atoms. The highest BCUT2D eigenvalue weighted by atomic mass is 28.2. The Balaban J connectivity index is -0.00000000533. The summed E-state index contributed by atoms with van der Waals surface area (Å²) < 4.78 is 67.2. The first-order valence-corrected chi connectivity index (χ1v) is 4.90. The fourth-order valence-electron chi connectivity index (χ4n) is 0. The minimum atomic E-state index is -1.42. The van der Waals surface area contributed by atoms with Crippen LogP contribution >= 0.6 is 0 Å². The van der Waals surface area contributed by atoms with Gasteiger partial charge in [-0.3, -0.25) is 35.7 Å². The molecule has 0 saturated heterocycles. The van der Waals surface area contributed by atoms with Gasteiger partial charge in [0.25, 0.3) is 0 Å². The maximum atomic E-state index is 8.40. The highest BCUT2D eigenvalue weighted by molar-refractivity contribution is 5.95. The van der Waals surface area contributed by atoms with Crippen molar-refractivity contribution in [1.29, 1.82) is 0 Å².